The molecular weight excluding hydrogens is 420 g/mol. The first-order chi connectivity index (χ1) is 16.7. The lowest BCUT2D eigenvalue weighted by molar-refractivity contribution is 0.0559. The summed E-state index contributed by atoms with van der Waals surface area (Å²) in [4.78, 5) is 23.2. The van der Waals surface area contributed by atoms with Crippen LogP contribution in [0.15, 0.2) is 24.3 Å². The monoisotopic (exact) mass is 466 g/mol. The van der Waals surface area contributed by atoms with Gasteiger partial charge >= 0.3 is 0 Å². The summed E-state index contributed by atoms with van der Waals surface area (Å²) >= 11 is 0. The Morgan fingerprint density at radius 1 is 0.676 bits per heavy atom. The van der Waals surface area contributed by atoms with Gasteiger partial charge in [-0.1, -0.05) is 25.7 Å². The number of carbonyl (C=O) groups is 1. The van der Waals surface area contributed by atoms with Gasteiger partial charge in [-0.15, -0.1) is 0 Å². The molecule has 0 spiro atoms. The second-order valence-electron chi connectivity index (χ2n) is 11.3. The first-order valence-corrected chi connectivity index (χ1v) is 14.3. The van der Waals surface area contributed by atoms with E-state index in [-0.39, 0.29) is 5.91 Å². The molecule has 188 valence electrons. The van der Waals surface area contributed by atoms with E-state index in [4.69, 9.17) is 0 Å². The first kappa shape index (κ1) is 24.1. The average Bonchev–Trinajstić information content (AvgIpc) is 2.93. The molecule has 5 rings (SSSR count). The Bertz CT molecular complexity index is 768. The Morgan fingerprint density at radius 2 is 1.24 bits per heavy atom. The van der Waals surface area contributed by atoms with E-state index in [2.05, 4.69) is 39.0 Å². The lowest BCUT2D eigenvalue weighted by Gasteiger charge is -2.41. The summed E-state index contributed by atoms with van der Waals surface area (Å²) in [7, 11) is 2.02. The van der Waals surface area contributed by atoms with Crippen LogP contribution in [-0.2, 0) is 0 Å². The van der Waals surface area contributed by atoms with Gasteiger partial charge in [-0.05, 0) is 88.7 Å². The van der Waals surface area contributed by atoms with Gasteiger partial charge in [0.05, 0.1) is 0 Å². The highest BCUT2D eigenvalue weighted by atomic mass is 16.2. The average molecular weight is 467 g/mol. The topological polar surface area (TPSA) is 30.0 Å². The van der Waals surface area contributed by atoms with E-state index in [0.29, 0.717) is 6.04 Å². The molecule has 0 N–H and O–H groups in total. The van der Waals surface area contributed by atoms with E-state index in [9.17, 15) is 4.79 Å². The van der Waals surface area contributed by atoms with Crippen LogP contribution >= 0.6 is 0 Å². The fourth-order valence-electron chi connectivity index (χ4n) is 7.04. The number of rotatable bonds is 5. The molecule has 0 unspecified atom stereocenters. The van der Waals surface area contributed by atoms with Crippen molar-refractivity contribution in [2.45, 2.75) is 95.2 Å². The lowest BCUT2D eigenvalue weighted by atomic mass is 9.92. The van der Waals surface area contributed by atoms with Gasteiger partial charge < -0.3 is 19.6 Å². The summed E-state index contributed by atoms with van der Waals surface area (Å²) < 4.78 is 0. The molecule has 1 aromatic carbocycles. The molecule has 0 aromatic heterocycles. The molecule has 1 amide bonds. The molecular formula is C29H46N4O. The maximum atomic E-state index is 13.2. The van der Waals surface area contributed by atoms with Crippen LogP contribution in [0.25, 0.3) is 0 Å². The van der Waals surface area contributed by atoms with E-state index >= 15 is 0 Å². The van der Waals surface area contributed by atoms with Crippen LogP contribution in [0.2, 0.25) is 0 Å². The molecule has 3 aliphatic heterocycles. The van der Waals surface area contributed by atoms with E-state index in [1.807, 2.05) is 11.9 Å². The molecule has 4 fully saturated rings. The molecule has 1 aliphatic carbocycles. The van der Waals surface area contributed by atoms with E-state index in [1.165, 1.54) is 83.0 Å². The predicted molar refractivity (Wildman–Crippen MR) is 141 cm³/mol. The van der Waals surface area contributed by atoms with E-state index in [0.717, 1.165) is 56.7 Å². The molecule has 1 aromatic rings. The number of hydrogen-bond acceptors (Lipinski definition) is 4. The fourth-order valence-corrected chi connectivity index (χ4v) is 7.04. The van der Waals surface area contributed by atoms with Gasteiger partial charge in [0, 0.05) is 62.6 Å². The summed E-state index contributed by atoms with van der Waals surface area (Å²) in [6.45, 7) is 7.17. The van der Waals surface area contributed by atoms with Crippen molar-refractivity contribution in [3.05, 3.63) is 29.8 Å². The van der Waals surface area contributed by atoms with Crippen molar-refractivity contribution in [1.82, 2.24) is 14.7 Å². The minimum Gasteiger partial charge on any atom is -0.371 e. The van der Waals surface area contributed by atoms with Gasteiger partial charge in [-0.25, -0.2) is 0 Å². The smallest absolute Gasteiger partial charge is 0.253 e. The van der Waals surface area contributed by atoms with Crippen LogP contribution in [0, 0.1) is 0 Å². The Balaban J connectivity index is 1.10. The summed E-state index contributed by atoms with van der Waals surface area (Å²) in [5.74, 6) is 0.187. The Morgan fingerprint density at radius 3 is 1.88 bits per heavy atom. The van der Waals surface area contributed by atoms with Crippen LogP contribution in [0.5, 0.6) is 0 Å². The maximum Gasteiger partial charge on any atom is 0.253 e. The van der Waals surface area contributed by atoms with Crippen molar-refractivity contribution < 1.29 is 4.79 Å². The van der Waals surface area contributed by atoms with Crippen molar-refractivity contribution in [3.8, 4) is 0 Å². The number of nitrogens with zero attached hydrogens (tertiary/aromatic N) is 4. The highest BCUT2D eigenvalue weighted by Gasteiger charge is 2.30. The Hall–Kier alpha value is -1.59. The number of benzene rings is 1. The van der Waals surface area contributed by atoms with Gasteiger partial charge in [-0.2, -0.15) is 0 Å². The number of amides is 1. The molecule has 34 heavy (non-hydrogen) atoms. The third-order valence-electron chi connectivity index (χ3n) is 9.31. The van der Waals surface area contributed by atoms with Crippen molar-refractivity contribution in [2.75, 3.05) is 51.2 Å². The van der Waals surface area contributed by atoms with Gasteiger partial charge in [0.15, 0.2) is 0 Å². The molecule has 0 atom stereocenters. The van der Waals surface area contributed by atoms with Gasteiger partial charge in [-0.3, -0.25) is 4.79 Å². The van der Waals surface area contributed by atoms with E-state index in [1.54, 1.807) is 0 Å². The molecule has 3 saturated heterocycles. The molecule has 5 nitrogen and oxygen atoms in total. The first-order valence-electron chi connectivity index (χ1n) is 14.3. The van der Waals surface area contributed by atoms with Crippen LogP contribution in [0.1, 0.15) is 87.4 Å². The van der Waals surface area contributed by atoms with Crippen molar-refractivity contribution in [1.29, 1.82) is 0 Å². The van der Waals surface area contributed by atoms with Crippen molar-refractivity contribution in [2.24, 2.45) is 0 Å². The highest BCUT2D eigenvalue weighted by molar-refractivity contribution is 5.94. The molecule has 5 heteroatoms. The van der Waals surface area contributed by atoms with E-state index < -0.39 is 0 Å². The van der Waals surface area contributed by atoms with Crippen LogP contribution in [0.3, 0.4) is 0 Å². The lowest BCUT2D eigenvalue weighted by Crippen LogP contribution is -2.49. The van der Waals surface area contributed by atoms with Crippen LogP contribution < -0.4 is 4.90 Å². The number of anilines is 1. The number of likely N-dealkylation sites (tertiary alicyclic amines) is 2. The summed E-state index contributed by atoms with van der Waals surface area (Å²) in [5, 5.41) is 0. The SMILES string of the molecule is CN(C(=O)c1ccc(N2CCC(N3CCCCC3)CC2)cc1)C1CCN(C2CCCCC2)CC1. The second-order valence-corrected chi connectivity index (χ2v) is 11.3. The normalized spacial score (nSPS) is 24.9. The van der Waals surface area contributed by atoms with Gasteiger partial charge in [0.1, 0.15) is 0 Å². The summed E-state index contributed by atoms with van der Waals surface area (Å²) in [5.41, 5.74) is 2.11. The zero-order valence-corrected chi connectivity index (χ0v) is 21.5. The minimum atomic E-state index is 0.187. The van der Waals surface area contributed by atoms with Crippen LogP contribution in [-0.4, -0.2) is 85.0 Å². The Kier molecular flexibility index (Phi) is 8.11. The summed E-state index contributed by atoms with van der Waals surface area (Å²) in [6, 6.07) is 10.4. The summed E-state index contributed by atoms with van der Waals surface area (Å²) in [6.07, 6.45) is 15.9. The molecule has 0 radical (unpaired) electrons. The zero-order valence-electron chi connectivity index (χ0n) is 21.5. The largest absolute Gasteiger partial charge is 0.371 e. The number of piperidine rings is 3. The zero-order chi connectivity index (χ0) is 23.3. The fraction of sp³-hybridized carbons (Fsp3) is 0.759. The number of hydrogen-bond donors (Lipinski definition) is 0. The highest BCUT2D eigenvalue weighted by Crippen LogP contribution is 2.28. The minimum absolute atomic E-state index is 0.187. The van der Waals surface area contributed by atoms with Gasteiger partial charge in [0.2, 0.25) is 0 Å². The standard InChI is InChI=1S/C29H46N4O/c1-30(25-14-20-32(21-15-25)26-8-4-2-5-9-26)29(34)24-10-12-27(13-11-24)33-22-16-28(17-23-33)31-18-6-3-7-19-31/h10-13,25-26,28H,2-9,14-23H2,1H3. The predicted octanol–water partition coefficient (Wildman–Crippen LogP) is 5.01. The second kappa shape index (κ2) is 11.4. The van der Waals surface area contributed by atoms with Crippen molar-refractivity contribution >= 4 is 11.6 Å². The molecule has 3 heterocycles. The third kappa shape index (κ3) is 5.62. The quantitative estimate of drug-likeness (QED) is 0.610. The van der Waals surface area contributed by atoms with Crippen LogP contribution in [0.4, 0.5) is 5.69 Å². The van der Waals surface area contributed by atoms with Crippen molar-refractivity contribution in [3.63, 3.8) is 0 Å². The Labute approximate surface area is 207 Å². The molecule has 4 aliphatic rings. The third-order valence-corrected chi connectivity index (χ3v) is 9.31. The molecule has 1 saturated carbocycles. The maximum absolute atomic E-state index is 13.2. The molecule has 0 bridgehead atoms. The number of carbonyl (C=O) groups excluding carboxylic acids is 1. The van der Waals surface area contributed by atoms with Gasteiger partial charge in [0.25, 0.3) is 5.91 Å².